The molecule has 0 spiro atoms. The summed E-state index contributed by atoms with van der Waals surface area (Å²) in [7, 11) is 0. The first-order chi connectivity index (χ1) is 15.5. The van der Waals surface area contributed by atoms with Gasteiger partial charge in [0.15, 0.2) is 17.3 Å². The summed E-state index contributed by atoms with van der Waals surface area (Å²) in [4.78, 5) is 26.8. The molecule has 0 aromatic heterocycles. The van der Waals surface area contributed by atoms with E-state index in [1.807, 2.05) is 30.3 Å². The molecule has 0 saturated carbocycles. The van der Waals surface area contributed by atoms with Gasteiger partial charge in [0.1, 0.15) is 5.75 Å². The summed E-state index contributed by atoms with van der Waals surface area (Å²) in [5, 5.41) is 3.82. The summed E-state index contributed by atoms with van der Waals surface area (Å²) >= 11 is 5.97. The Kier molecular flexibility index (Phi) is 4.88. The number of carbonyl (C=O) groups is 2. The average molecular weight is 441 g/mol. The van der Waals surface area contributed by atoms with Crippen LogP contribution in [-0.2, 0) is 0 Å². The van der Waals surface area contributed by atoms with Crippen LogP contribution in [-0.4, -0.2) is 11.6 Å². The van der Waals surface area contributed by atoms with E-state index in [1.165, 1.54) is 0 Å². The number of para-hydroxylation sites is 1. The average Bonchev–Trinajstić information content (AvgIpc) is 2.81. The molecule has 5 nitrogen and oxygen atoms in total. The highest BCUT2D eigenvalue weighted by molar-refractivity contribution is 6.32. The Labute approximate surface area is 189 Å². The van der Waals surface area contributed by atoms with Gasteiger partial charge in [-0.05, 0) is 36.4 Å². The Morgan fingerprint density at radius 3 is 2.00 bits per heavy atom. The maximum absolute atomic E-state index is 13.4. The van der Waals surface area contributed by atoms with E-state index >= 15 is 0 Å². The van der Waals surface area contributed by atoms with Crippen molar-refractivity contribution >= 4 is 40.2 Å². The summed E-state index contributed by atoms with van der Waals surface area (Å²) in [6.45, 7) is 0. The number of nitrogens with two attached hydrogens (primary N) is 1. The molecule has 0 aliphatic heterocycles. The molecule has 3 N–H and O–H groups in total. The molecule has 0 unspecified atom stereocenters. The van der Waals surface area contributed by atoms with Crippen molar-refractivity contribution in [2.45, 2.75) is 0 Å². The molecule has 0 bridgehead atoms. The molecule has 1 aliphatic carbocycles. The summed E-state index contributed by atoms with van der Waals surface area (Å²) in [6, 6.07) is 24.6. The van der Waals surface area contributed by atoms with Crippen molar-refractivity contribution in [2.75, 3.05) is 11.1 Å². The molecule has 0 radical (unpaired) electrons. The third-order valence-corrected chi connectivity index (χ3v) is 5.55. The maximum Gasteiger partial charge on any atom is 0.196 e. The quantitative estimate of drug-likeness (QED) is 0.323. The number of anilines is 3. The fraction of sp³-hybridized carbons (Fsp3) is 0. The SMILES string of the molecule is Nc1c(Oc2ccc(Cl)cc2)cc(Nc2ccccc2)c2c1C(=O)c1ccccc1C2=O. The van der Waals surface area contributed by atoms with Crippen LogP contribution in [0, 0.1) is 0 Å². The van der Waals surface area contributed by atoms with Gasteiger partial charge in [0.2, 0.25) is 0 Å². The van der Waals surface area contributed by atoms with Crippen LogP contribution >= 0.6 is 11.6 Å². The van der Waals surface area contributed by atoms with Gasteiger partial charge < -0.3 is 15.8 Å². The van der Waals surface area contributed by atoms with E-state index in [1.54, 1.807) is 54.6 Å². The molecule has 0 saturated heterocycles. The zero-order valence-electron chi connectivity index (χ0n) is 16.8. The van der Waals surface area contributed by atoms with Crippen molar-refractivity contribution in [1.29, 1.82) is 0 Å². The first-order valence-electron chi connectivity index (χ1n) is 9.93. The van der Waals surface area contributed by atoms with Gasteiger partial charge >= 0.3 is 0 Å². The number of nitrogen functional groups attached to an aromatic ring is 1. The second-order valence-electron chi connectivity index (χ2n) is 7.34. The Bertz CT molecular complexity index is 1370. The minimum atomic E-state index is -0.314. The highest BCUT2D eigenvalue weighted by Gasteiger charge is 2.35. The van der Waals surface area contributed by atoms with Gasteiger partial charge in [-0.15, -0.1) is 0 Å². The summed E-state index contributed by atoms with van der Waals surface area (Å²) in [6.07, 6.45) is 0. The van der Waals surface area contributed by atoms with E-state index in [9.17, 15) is 9.59 Å². The third kappa shape index (κ3) is 3.39. The molecule has 32 heavy (non-hydrogen) atoms. The van der Waals surface area contributed by atoms with Gasteiger partial charge in [-0.3, -0.25) is 9.59 Å². The van der Waals surface area contributed by atoms with Crippen LogP contribution in [0.5, 0.6) is 11.5 Å². The predicted molar refractivity (Wildman–Crippen MR) is 125 cm³/mol. The minimum Gasteiger partial charge on any atom is -0.455 e. The lowest BCUT2D eigenvalue weighted by atomic mass is 9.82. The Hall–Kier alpha value is -4.09. The lowest BCUT2D eigenvalue weighted by Crippen LogP contribution is -2.24. The molecular weight excluding hydrogens is 424 g/mol. The van der Waals surface area contributed by atoms with Crippen molar-refractivity contribution in [3.63, 3.8) is 0 Å². The number of hydrogen-bond donors (Lipinski definition) is 2. The van der Waals surface area contributed by atoms with Crippen molar-refractivity contribution < 1.29 is 14.3 Å². The summed E-state index contributed by atoms with van der Waals surface area (Å²) in [5.74, 6) is 0.190. The van der Waals surface area contributed by atoms with Crippen LogP contribution < -0.4 is 15.8 Å². The van der Waals surface area contributed by atoms with E-state index in [2.05, 4.69) is 5.32 Å². The lowest BCUT2D eigenvalue weighted by molar-refractivity contribution is 0.0980. The lowest BCUT2D eigenvalue weighted by Gasteiger charge is -2.24. The van der Waals surface area contributed by atoms with E-state index in [0.29, 0.717) is 27.6 Å². The van der Waals surface area contributed by atoms with E-state index in [-0.39, 0.29) is 34.1 Å². The Morgan fingerprint density at radius 1 is 0.750 bits per heavy atom. The number of ether oxygens (including phenoxy) is 1. The number of nitrogens with one attached hydrogen (secondary N) is 1. The van der Waals surface area contributed by atoms with Crippen LogP contribution in [0.1, 0.15) is 31.8 Å². The monoisotopic (exact) mass is 440 g/mol. The molecule has 156 valence electrons. The third-order valence-electron chi connectivity index (χ3n) is 5.29. The maximum atomic E-state index is 13.4. The number of halogens is 1. The molecule has 6 heteroatoms. The molecule has 1 aliphatic rings. The molecule has 4 aromatic carbocycles. The molecule has 5 rings (SSSR count). The first-order valence-corrected chi connectivity index (χ1v) is 10.3. The number of fused-ring (bicyclic) bond motifs is 2. The van der Waals surface area contributed by atoms with Crippen molar-refractivity contribution in [3.05, 3.63) is 112 Å². The zero-order chi connectivity index (χ0) is 22.2. The van der Waals surface area contributed by atoms with E-state index in [4.69, 9.17) is 22.1 Å². The van der Waals surface area contributed by atoms with Crippen LogP contribution in [0.25, 0.3) is 0 Å². The zero-order valence-corrected chi connectivity index (χ0v) is 17.5. The Morgan fingerprint density at radius 2 is 1.34 bits per heavy atom. The highest BCUT2D eigenvalue weighted by Crippen LogP contribution is 2.43. The topological polar surface area (TPSA) is 81.4 Å². The Balaban J connectivity index is 1.70. The molecule has 0 amide bonds. The smallest absolute Gasteiger partial charge is 0.196 e. The van der Waals surface area contributed by atoms with Crippen LogP contribution in [0.4, 0.5) is 17.1 Å². The number of carbonyl (C=O) groups excluding carboxylic acids is 2. The standard InChI is InChI=1S/C26H17ClN2O3/c27-15-10-12-17(13-11-15)32-21-14-20(29-16-6-2-1-3-7-16)22-23(24(21)28)26(31)19-9-5-4-8-18(19)25(22)30/h1-14,29H,28H2. The highest BCUT2D eigenvalue weighted by atomic mass is 35.5. The summed E-state index contributed by atoms with van der Waals surface area (Å²) in [5.41, 5.74) is 8.77. The van der Waals surface area contributed by atoms with Gasteiger partial charge in [0, 0.05) is 27.9 Å². The fourth-order valence-corrected chi connectivity index (χ4v) is 3.91. The molecule has 4 aromatic rings. The van der Waals surface area contributed by atoms with Gasteiger partial charge in [0.05, 0.1) is 22.5 Å². The molecule has 0 heterocycles. The molecule has 0 fully saturated rings. The number of benzene rings is 4. The second kappa shape index (κ2) is 7.87. The van der Waals surface area contributed by atoms with Crippen molar-refractivity contribution in [1.82, 2.24) is 0 Å². The van der Waals surface area contributed by atoms with Crippen molar-refractivity contribution in [3.8, 4) is 11.5 Å². The van der Waals surface area contributed by atoms with Crippen LogP contribution in [0.3, 0.4) is 0 Å². The van der Waals surface area contributed by atoms with Gasteiger partial charge in [-0.1, -0.05) is 54.1 Å². The second-order valence-corrected chi connectivity index (χ2v) is 7.77. The van der Waals surface area contributed by atoms with Gasteiger partial charge in [-0.25, -0.2) is 0 Å². The molecule has 0 atom stereocenters. The van der Waals surface area contributed by atoms with Crippen LogP contribution in [0.15, 0.2) is 84.9 Å². The minimum absolute atomic E-state index is 0.112. The van der Waals surface area contributed by atoms with Crippen molar-refractivity contribution in [2.24, 2.45) is 0 Å². The van der Waals surface area contributed by atoms with Crippen LogP contribution in [0.2, 0.25) is 5.02 Å². The summed E-state index contributed by atoms with van der Waals surface area (Å²) < 4.78 is 5.99. The fourth-order valence-electron chi connectivity index (χ4n) is 3.78. The van der Waals surface area contributed by atoms with E-state index in [0.717, 1.165) is 5.69 Å². The van der Waals surface area contributed by atoms with E-state index < -0.39 is 0 Å². The normalized spacial score (nSPS) is 12.2. The van der Waals surface area contributed by atoms with Gasteiger partial charge in [0.25, 0.3) is 0 Å². The number of ketones is 2. The number of hydrogen-bond acceptors (Lipinski definition) is 5. The molecular formula is C26H17ClN2O3. The van der Waals surface area contributed by atoms with Gasteiger partial charge in [-0.2, -0.15) is 0 Å². The predicted octanol–water partition coefficient (Wildman–Crippen LogP) is 6.23. The largest absolute Gasteiger partial charge is 0.455 e. The number of rotatable bonds is 4. The first kappa shape index (κ1) is 19.8.